The van der Waals surface area contributed by atoms with E-state index in [0.29, 0.717) is 6.10 Å². The van der Waals surface area contributed by atoms with Crippen molar-refractivity contribution in [1.82, 2.24) is 0 Å². The first-order valence-corrected chi connectivity index (χ1v) is 4.69. The summed E-state index contributed by atoms with van der Waals surface area (Å²) in [5.41, 5.74) is 1.21. The van der Waals surface area contributed by atoms with Gasteiger partial charge in [0.25, 0.3) is 0 Å². The molecule has 12 heavy (non-hydrogen) atoms. The standard InChI is InChI=1S/C10H9BrO/c11-9(10-7-12-10)6-8-4-2-1-3-5-8/h1-6,10H,7H2/b9-6-/t10-/m1/s1. The van der Waals surface area contributed by atoms with Gasteiger partial charge in [0, 0.05) is 4.48 Å². The van der Waals surface area contributed by atoms with Gasteiger partial charge in [0.15, 0.2) is 0 Å². The van der Waals surface area contributed by atoms with Gasteiger partial charge in [0.2, 0.25) is 0 Å². The van der Waals surface area contributed by atoms with Gasteiger partial charge in [-0.3, -0.25) is 0 Å². The zero-order chi connectivity index (χ0) is 8.39. The van der Waals surface area contributed by atoms with Crippen LogP contribution in [0.2, 0.25) is 0 Å². The molecule has 0 unspecified atom stereocenters. The number of ether oxygens (including phenoxy) is 1. The molecule has 62 valence electrons. The predicted molar refractivity (Wildman–Crippen MR) is 53.1 cm³/mol. The first-order chi connectivity index (χ1) is 5.86. The van der Waals surface area contributed by atoms with E-state index in [2.05, 4.69) is 34.1 Å². The lowest BCUT2D eigenvalue weighted by Gasteiger charge is -1.93. The molecule has 0 bridgehead atoms. The van der Waals surface area contributed by atoms with E-state index in [1.807, 2.05) is 18.2 Å². The summed E-state index contributed by atoms with van der Waals surface area (Å²) in [5, 5.41) is 0. The third-order valence-electron chi connectivity index (χ3n) is 1.75. The van der Waals surface area contributed by atoms with Crippen molar-refractivity contribution < 1.29 is 4.74 Å². The van der Waals surface area contributed by atoms with Crippen LogP contribution in [0.3, 0.4) is 0 Å². The maximum absolute atomic E-state index is 5.13. The lowest BCUT2D eigenvalue weighted by atomic mass is 10.2. The van der Waals surface area contributed by atoms with Gasteiger partial charge in [-0.2, -0.15) is 0 Å². The minimum absolute atomic E-state index is 0.310. The molecule has 1 heterocycles. The normalized spacial score (nSPS) is 22.4. The molecule has 0 N–H and O–H groups in total. The summed E-state index contributed by atoms with van der Waals surface area (Å²) in [5.74, 6) is 0. The number of benzene rings is 1. The molecule has 1 aliphatic rings. The van der Waals surface area contributed by atoms with Crippen LogP contribution in [-0.4, -0.2) is 12.7 Å². The molecule has 1 aromatic rings. The molecule has 1 nitrogen and oxygen atoms in total. The number of hydrogen-bond donors (Lipinski definition) is 0. The molecule has 2 heteroatoms. The van der Waals surface area contributed by atoms with E-state index in [1.165, 1.54) is 5.56 Å². The Morgan fingerprint density at radius 2 is 2.08 bits per heavy atom. The third kappa shape index (κ3) is 1.96. The van der Waals surface area contributed by atoms with E-state index in [9.17, 15) is 0 Å². The first kappa shape index (κ1) is 8.02. The molecule has 1 atom stereocenters. The summed E-state index contributed by atoms with van der Waals surface area (Å²) in [6.45, 7) is 0.851. The van der Waals surface area contributed by atoms with E-state index in [0.717, 1.165) is 11.1 Å². The van der Waals surface area contributed by atoms with Crippen molar-refractivity contribution in [2.24, 2.45) is 0 Å². The van der Waals surface area contributed by atoms with Crippen molar-refractivity contribution in [2.45, 2.75) is 6.10 Å². The van der Waals surface area contributed by atoms with Gasteiger partial charge in [-0.1, -0.05) is 46.3 Å². The first-order valence-electron chi connectivity index (χ1n) is 3.90. The number of halogens is 1. The molecule has 0 amide bonds. The number of hydrogen-bond acceptors (Lipinski definition) is 1. The van der Waals surface area contributed by atoms with Gasteiger partial charge in [0.05, 0.1) is 6.61 Å². The second-order valence-corrected chi connectivity index (χ2v) is 3.68. The van der Waals surface area contributed by atoms with Crippen LogP contribution < -0.4 is 0 Å². The lowest BCUT2D eigenvalue weighted by Crippen LogP contribution is -1.82. The van der Waals surface area contributed by atoms with Crippen molar-refractivity contribution >= 4 is 22.0 Å². The van der Waals surface area contributed by atoms with Crippen LogP contribution in [0.5, 0.6) is 0 Å². The Kier molecular flexibility index (Phi) is 2.28. The zero-order valence-electron chi connectivity index (χ0n) is 6.53. The van der Waals surface area contributed by atoms with Crippen LogP contribution in [0, 0.1) is 0 Å². The second-order valence-electron chi connectivity index (χ2n) is 2.76. The van der Waals surface area contributed by atoms with Crippen LogP contribution >= 0.6 is 15.9 Å². The van der Waals surface area contributed by atoms with Crippen LogP contribution in [0.25, 0.3) is 6.08 Å². The van der Waals surface area contributed by atoms with Gasteiger partial charge in [-0.15, -0.1) is 0 Å². The number of epoxide rings is 1. The Balaban J connectivity index is 2.15. The largest absolute Gasteiger partial charge is 0.367 e. The smallest absolute Gasteiger partial charge is 0.112 e. The summed E-state index contributed by atoms with van der Waals surface area (Å²) in [6, 6.07) is 10.2. The molecule has 1 fully saturated rings. The van der Waals surface area contributed by atoms with Gasteiger partial charge >= 0.3 is 0 Å². The average Bonchev–Trinajstić information content (AvgIpc) is 2.88. The molecular formula is C10H9BrO. The lowest BCUT2D eigenvalue weighted by molar-refractivity contribution is 0.439. The Labute approximate surface area is 80.2 Å². The van der Waals surface area contributed by atoms with Crippen molar-refractivity contribution in [3.8, 4) is 0 Å². The molecule has 0 saturated carbocycles. The molecule has 2 rings (SSSR count). The molecule has 1 aliphatic heterocycles. The van der Waals surface area contributed by atoms with Gasteiger partial charge in [0.1, 0.15) is 6.10 Å². The Hall–Kier alpha value is -0.600. The Morgan fingerprint density at radius 1 is 1.42 bits per heavy atom. The van der Waals surface area contributed by atoms with E-state index in [4.69, 9.17) is 4.74 Å². The van der Waals surface area contributed by atoms with Crippen molar-refractivity contribution in [2.75, 3.05) is 6.61 Å². The third-order valence-corrected chi connectivity index (χ3v) is 2.48. The minimum Gasteiger partial charge on any atom is -0.367 e. The molecule has 0 aromatic heterocycles. The quantitative estimate of drug-likeness (QED) is 0.705. The highest BCUT2D eigenvalue weighted by Gasteiger charge is 2.25. The highest BCUT2D eigenvalue weighted by atomic mass is 79.9. The molecule has 1 saturated heterocycles. The minimum atomic E-state index is 0.310. The topological polar surface area (TPSA) is 12.5 Å². The van der Waals surface area contributed by atoms with E-state index in [-0.39, 0.29) is 0 Å². The van der Waals surface area contributed by atoms with E-state index >= 15 is 0 Å². The summed E-state index contributed by atoms with van der Waals surface area (Å²) in [4.78, 5) is 0. The average molecular weight is 225 g/mol. The Morgan fingerprint density at radius 3 is 2.67 bits per heavy atom. The SMILES string of the molecule is Br/C(=C\c1ccccc1)[C@H]1CO1. The van der Waals surface area contributed by atoms with Crippen molar-refractivity contribution in [1.29, 1.82) is 0 Å². The molecule has 0 spiro atoms. The molecule has 0 aliphatic carbocycles. The van der Waals surface area contributed by atoms with Gasteiger partial charge in [-0.05, 0) is 11.6 Å². The van der Waals surface area contributed by atoms with Crippen molar-refractivity contribution in [3.63, 3.8) is 0 Å². The maximum atomic E-state index is 5.13. The fourth-order valence-electron chi connectivity index (χ4n) is 1.01. The van der Waals surface area contributed by atoms with Gasteiger partial charge in [-0.25, -0.2) is 0 Å². The molecule has 1 aromatic carbocycles. The summed E-state index contributed by atoms with van der Waals surface area (Å²) < 4.78 is 6.26. The fraction of sp³-hybridized carbons (Fsp3) is 0.200. The van der Waals surface area contributed by atoms with Crippen LogP contribution in [0.4, 0.5) is 0 Å². The van der Waals surface area contributed by atoms with Crippen LogP contribution in [-0.2, 0) is 4.74 Å². The summed E-state index contributed by atoms with van der Waals surface area (Å²) >= 11 is 3.48. The summed E-state index contributed by atoms with van der Waals surface area (Å²) in [7, 11) is 0. The van der Waals surface area contributed by atoms with Crippen LogP contribution in [0.15, 0.2) is 34.8 Å². The number of rotatable bonds is 2. The second kappa shape index (κ2) is 3.42. The monoisotopic (exact) mass is 224 g/mol. The van der Waals surface area contributed by atoms with Gasteiger partial charge < -0.3 is 4.74 Å². The Bertz CT molecular complexity index is 288. The summed E-state index contributed by atoms with van der Waals surface area (Å²) in [6.07, 6.45) is 2.41. The highest BCUT2D eigenvalue weighted by Crippen LogP contribution is 2.26. The van der Waals surface area contributed by atoms with Crippen molar-refractivity contribution in [3.05, 3.63) is 40.4 Å². The highest BCUT2D eigenvalue weighted by molar-refractivity contribution is 9.11. The fourth-order valence-corrected chi connectivity index (χ4v) is 1.54. The maximum Gasteiger partial charge on any atom is 0.112 e. The van der Waals surface area contributed by atoms with Crippen LogP contribution in [0.1, 0.15) is 5.56 Å². The molecule has 0 radical (unpaired) electrons. The van der Waals surface area contributed by atoms with E-state index < -0.39 is 0 Å². The predicted octanol–water partition coefficient (Wildman–Crippen LogP) is 2.82. The zero-order valence-corrected chi connectivity index (χ0v) is 8.12. The molecular weight excluding hydrogens is 216 g/mol. The van der Waals surface area contributed by atoms with E-state index in [1.54, 1.807) is 0 Å².